The van der Waals surface area contributed by atoms with E-state index in [0.29, 0.717) is 6.54 Å². The molecule has 0 atom stereocenters. The quantitative estimate of drug-likeness (QED) is 0.794. The molecule has 2 aromatic carbocycles. The second kappa shape index (κ2) is 7.17. The van der Waals surface area contributed by atoms with Crippen LogP contribution in [-0.2, 0) is 0 Å². The standard InChI is InChI=1S/C20H23N5/c21-8-10-24-11-13-25(14-12-24)20-22-9-7-19(23-20)18-6-5-16-3-1-2-4-17(16)15-18/h1-7,9,15H,8,10-14,21H2. The van der Waals surface area contributed by atoms with Crippen molar-refractivity contribution in [3.05, 3.63) is 54.7 Å². The van der Waals surface area contributed by atoms with E-state index in [1.165, 1.54) is 10.8 Å². The van der Waals surface area contributed by atoms with E-state index in [1.54, 1.807) is 0 Å². The van der Waals surface area contributed by atoms with E-state index < -0.39 is 0 Å². The number of nitrogens with zero attached hydrogens (tertiary/aromatic N) is 4. The predicted molar refractivity (Wildman–Crippen MR) is 103 cm³/mol. The van der Waals surface area contributed by atoms with Crippen LogP contribution in [0.2, 0.25) is 0 Å². The van der Waals surface area contributed by atoms with Crippen LogP contribution in [0.1, 0.15) is 0 Å². The number of fused-ring (bicyclic) bond motifs is 1. The molecule has 3 aromatic rings. The summed E-state index contributed by atoms with van der Waals surface area (Å²) in [5.74, 6) is 0.818. The van der Waals surface area contributed by atoms with Crippen molar-refractivity contribution in [2.75, 3.05) is 44.2 Å². The Morgan fingerprint density at radius 2 is 1.72 bits per heavy atom. The van der Waals surface area contributed by atoms with Crippen molar-refractivity contribution in [2.45, 2.75) is 0 Å². The summed E-state index contributed by atoms with van der Waals surface area (Å²) in [4.78, 5) is 14.0. The highest BCUT2D eigenvalue weighted by Crippen LogP contribution is 2.24. The average molecular weight is 333 g/mol. The van der Waals surface area contributed by atoms with Crippen molar-refractivity contribution < 1.29 is 0 Å². The first-order valence-corrected chi connectivity index (χ1v) is 8.83. The van der Waals surface area contributed by atoms with Gasteiger partial charge in [0.1, 0.15) is 0 Å². The Labute approximate surface area is 148 Å². The van der Waals surface area contributed by atoms with Gasteiger partial charge in [0, 0.05) is 51.0 Å². The highest BCUT2D eigenvalue weighted by atomic mass is 15.3. The summed E-state index contributed by atoms with van der Waals surface area (Å²) < 4.78 is 0. The van der Waals surface area contributed by atoms with Crippen LogP contribution >= 0.6 is 0 Å². The van der Waals surface area contributed by atoms with E-state index in [2.05, 4.69) is 57.2 Å². The van der Waals surface area contributed by atoms with Gasteiger partial charge in [-0.3, -0.25) is 4.90 Å². The highest BCUT2D eigenvalue weighted by Gasteiger charge is 2.18. The van der Waals surface area contributed by atoms with Gasteiger partial charge in [0.2, 0.25) is 5.95 Å². The molecule has 1 aromatic heterocycles. The molecule has 5 nitrogen and oxygen atoms in total. The smallest absolute Gasteiger partial charge is 0.225 e. The zero-order valence-corrected chi connectivity index (χ0v) is 14.3. The summed E-state index contributed by atoms with van der Waals surface area (Å²) in [5, 5.41) is 2.48. The molecule has 0 amide bonds. The Kier molecular flexibility index (Phi) is 4.59. The molecular weight excluding hydrogens is 310 g/mol. The van der Waals surface area contributed by atoms with Crippen LogP contribution in [0.4, 0.5) is 5.95 Å². The SMILES string of the molecule is NCCN1CCN(c2nccc(-c3ccc4ccccc4c3)n2)CC1. The minimum absolute atomic E-state index is 0.716. The van der Waals surface area contributed by atoms with Crippen LogP contribution in [0.15, 0.2) is 54.7 Å². The summed E-state index contributed by atoms with van der Waals surface area (Å²) in [7, 11) is 0. The first-order valence-electron chi connectivity index (χ1n) is 8.83. The number of rotatable bonds is 4. The van der Waals surface area contributed by atoms with E-state index in [9.17, 15) is 0 Å². The molecular formula is C20H23N5. The minimum Gasteiger partial charge on any atom is -0.338 e. The lowest BCUT2D eigenvalue weighted by molar-refractivity contribution is 0.263. The van der Waals surface area contributed by atoms with Gasteiger partial charge in [0.25, 0.3) is 0 Å². The van der Waals surface area contributed by atoms with Crippen LogP contribution in [0.3, 0.4) is 0 Å². The largest absolute Gasteiger partial charge is 0.338 e. The summed E-state index contributed by atoms with van der Waals surface area (Å²) in [6, 6.07) is 16.9. The van der Waals surface area contributed by atoms with Crippen molar-refractivity contribution in [1.29, 1.82) is 0 Å². The van der Waals surface area contributed by atoms with E-state index in [-0.39, 0.29) is 0 Å². The molecule has 4 rings (SSSR count). The molecule has 128 valence electrons. The number of hydrogen-bond donors (Lipinski definition) is 1. The number of benzene rings is 2. The van der Waals surface area contributed by atoms with Crippen LogP contribution < -0.4 is 10.6 Å². The number of aromatic nitrogens is 2. The lowest BCUT2D eigenvalue weighted by Crippen LogP contribution is -2.48. The van der Waals surface area contributed by atoms with Crippen molar-refractivity contribution in [2.24, 2.45) is 5.73 Å². The number of anilines is 1. The first-order chi connectivity index (χ1) is 12.3. The Balaban J connectivity index is 1.56. The van der Waals surface area contributed by atoms with Gasteiger partial charge in [0.15, 0.2) is 0 Å². The summed E-state index contributed by atoms with van der Waals surface area (Å²) >= 11 is 0. The Morgan fingerprint density at radius 3 is 2.52 bits per heavy atom. The fraction of sp³-hybridized carbons (Fsp3) is 0.300. The van der Waals surface area contributed by atoms with Crippen LogP contribution in [-0.4, -0.2) is 54.1 Å². The molecule has 1 fully saturated rings. The molecule has 0 spiro atoms. The lowest BCUT2D eigenvalue weighted by atomic mass is 10.1. The van der Waals surface area contributed by atoms with Crippen molar-refractivity contribution in [3.63, 3.8) is 0 Å². The zero-order valence-electron chi connectivity index (χ0n) is 14.3. The molecule has 0 saturated carbocycles. The molecule has 1 aliphatic rings. The third kappa shape index (κ3) is 3.48. The second-order valence-electron chi connectivity index (χ2n) is 6.42. The molecule has 2 heterocycles. The zero-order chi connectivity index (χ0) is 17.1. The summed E-state index contributed by atoms with van der Waals surface area (Å²) in [6.07, 6.45) is 1.86. The van der Waals surface area contributed by atoms with Crippen LogP contribution in [0, 0.1) is 0 Å². The maximum atomic E-state index is 5.65. The first kappa shape index (κ1) is 16.0. The van der Waals surface area contributed by atoms with Crippen molar-refractivity contribution >= 4 is 16.7 Å². The van der Waals surface area contributed by atoms with Gasteiger partial charge in [-0.1, -0.05) is 36.4 Å². The van der Waals surface area contributed by atoms with E-state index >= 15 is 0 Å². The maximum absolute atomic E-state index is 5.65. The summed E-state index contributed by atoms with van der Waals surface area (Å²) in [5.41, 5.74) is 7.75. The molecule has 0 radical (unpaired) electrons. The van der Waals surface area contributed by atoms with Crippen molar-refractivity contribution in [3.8, 4) is 11.3 Å². The third-order valence-electron chi connectivity index (χ3n) is 4.79. The van der Waals surface area contributed by atoms with Crippen LogP contribution in [0.25, 0.3) is 22.0 Å². The van der Waals surface area contributed by atoms with Gasteiger partial charge in [0.05, 0.1) is 5.69 Å². The normalized spacial score (nSPS) is 15.6. The highest BCUT2D eigenvalue weighted by molar-refractivity contribution is 5.86. The van der Waals surface area contributed by atoms with Gasteiger partial charge in [-0.05, 0) is 22.9 Å². The van der Waals surface area contributed by atoms with Gasteiger partial charge in [-0.15, -0.1) is 0 Å². The number of nitrogens with two attached hydrogens (primary N) is 1. The van der Waals surface area contributed by atoms with E-state index in [1.807, 2.05) is 12.3 Å². The predicted octanol–water partition coefficient (Wildman–Crippen LogP) is 2.38. The lowest BCUT2D eigenvalue weighted by Gasteiger charge is -2.34. The molecule has 1 saturated heterocycles. The fourth-order valence-electron chi connectivity index (χ4n) is 3.36. The molecule has 0 unspecified atom stereocenters. The van der Waals surface area contributed by atoms with Crippen molar-refractivity contribution in [1.82, 2.24) is 14.9 Å². The van der Waals surface area contributed by atoms with Gasteiger partial charge >= 0.3 is 0 Å². The van der Waals surface area contributed by atoms with Gasteiger partial charge < -0.3 is 10.6 Å². The fourth-order valence-corrected chi connectivity index (χ4v) is 3.36. The molecule has 0 bridgehead atoms. The van der Waals surface area contributed by atoms with Gasteiger partial charge in [-0.25, -0.2) is 9.97 Å². The molecule has 1 aliphatic heterocycles. The molecule has 25 heavy (non-hydrogen) atoms. The maximum Gasteiger partial charge on any atom is 0.225 e. The van der Waals surface area contributed by atoms with Gasteiger partial charge in [-0.2, -0.15) is 0 Å². The Bertz CT molecular complexity index is 855. The molecule has 0 aliphatic carbocycles. The number of hydrogen-bond acceptors (Lipinski definition) is 5. The second-order valence-corrected chi connectivity index (χ2v) is 6.42. The topological polar surface area (TPSA) is 58.3 Å². The van der Waals surface area contributed by atoms with E-state index in [4.69, 9.17) is 10.7 Å². The van der Waals surface area contributed by atoms with Crippen LogP contribution in [0.5, 0.6) is 0 Å². The molecule has 5 heteroatoms. The molecule has 2 N–H and O–H groups in total. The average Bonchev–Trinajstić information content (AvgIpc) is 2.68. The Morgan fingerprint density at radius 1 is 0.920 bits per heavy atom. The third-order valence-corrected chi connectivity index (χ3v) is 4.79. The summed E-state index contributed by atoms with van der Waals surface area (Å²) in [6.45, 7) is 5.60. The minimum atomic E-state index is 0.716. The Hall–Kier alpha value is -2.50. The monoisotopic (exact) mass is 333 g/mol. The van der Waals surface area contributed by atoms with E-state index in [0.717, 1.165) is 49.9 Å². The number of piperazine rings is 1.